The van der Waals surface area contributed by atoms with Gasteiger partial charge in [-0.15, -0.1) is 0 Å². The summed E-state index contributed by atoms with van der Waals surface area (Å²) >= 11 is 0. The van der Waals surface area contributed by atoms with Gasteiger partial charge in [0.25, 0.3) is 0 Å². The summed E-state index contributed by atoms with van der Waals surface area (Å²) in [7, 11) is 0. The summed E-state index contributed by atoms with van der Waals surface area (Å²) in [6, 6.07) is 22.2. The molecular formula is C27H28N2O3. The van der Waals surface area contributed by atoms with E-state index in [1.165, 1.54) is 5.56 Å². The highest BCUT2D eigenvalue weighted by atomic mass is 16.3. The smallest absolute Gasteiger partial charge is 0.226 e. The first-order valence-electron chi connectivity index (χ1n) is 11.4. The topological polar surface area (TPSA) is 62.6 Å². The number of nitrogens with one attached hydrogen (secondary N) is 1. The average Bonchev–Trinajstić information content (AvgIpc) is 3.27. The molecule has 5 nitrogen and oxygen atoms in total. The van der Waals surface area contributed by atoms with E-state index in [-0.39, 0.29) is 23.1 Å². The Morgan fingerprint density at radius 2 is 1.66 bits per heavy atom. The van der Waals surface area contributed by atoms with Gasteiger partial charge in [0.2, 0.25) is 11.8 Å². The second kappa shape index (κ2) is 8.65. The van der Waals surface area contributed by atoms with Gasteiger partial charge in [-0.2, -0.15) is 0 Å². The third kappa shape index (κ3) is 4.33. The highest BCUT2D eigenvalue weighted by molar-refractivity contribution is 5.83. The van der Waals surface area contributed by atoms with E-state index in [9.17, 15) is 9.59 Å². The van der Waals surface area contributed by atoms with E-state index in [2.05, 4.69) is 29.6 Å². The maximum atomic E-state index is 12.8. The molecule has 5 rings (SSSR count). The average molecular weight is 429 g/mol. The minimum absolute atomic E-state index is 0.0697. The molecule has 1 aromatic heterocycles. The lowest BCUT2D eigenvalue weighted by Crippen LogP contribution is -2.41. The highest BCUT2D eigenvalue weighted by Crippen LogP contribution is 2.59. The number of hydrogen-bond donors (Lipinski definition) is 1. The first-order chi connectivity index (χ1) is 15.6. The van der Waals surface area contributed by atoms with Gasteiger partial charge in [-0.05, 0) is 53.5 Å². The zero-order valence-corrected chi connectivity index (χ0v) is 18.1. The zero-order valence-electron chi connectivity index (χ0n) is 18.1. The maximum Gasteiger partial charge on any atom is 0.226 e. The Morgan fingerprint density at radius 1 is 0.938 bits per heavy atom. The summed E-state index contributed by atoms with van der Waals surface area (Å²) in [6.45, 7) is 1.91. The van der Waals surface area contributed by atoms with Crippen molar-refractivity contribution in [2.45, 2.75) is 32.2 Å². The first-order valence-corrected chi connectivity index (χ1v) is 11.4. The summed E-state index contributed by atoms with van der Waals surface area (Å²) in [5.41, 5.74) is 3.46. The van der Waals surface area contributed by atoms with Crippen molar-refractivity contribution in [2.24, 2.45) is 11.3 Å². The van der Waals surface area contributed by atoms with E-state index < -0.39 is 0 Å². The van der Waals surface area contributed by atoms with Crippen LogP contribution in [0.25, 0.3) is 11.1 Å². The van der Waals surface area contributed by atoms with E-state index in [4.69, 9.17) is 4.42 Å². The van der Waals surface area contributed by atoms with Crippen molar-refractivity contribution in [3.63, 3.8) is 0 Å². The minimum atomic E-state index is 0.0697. The fraction of sp³-hybridized carbons (Fsp3) is 0.333. The van der Waals surface area contributed by atoms with Crippen LogP contribution in [0, 0.1) is 11.3 Å². The van der Waals surface area contributed by atoms with Crippen LogP contribution in [0.3, 0.4) is 0 Å². The molecule has 2 fully saturated rings. The molecule has 1 saturated heterocycles. The molecule has 2 heterocycles. The number of likely N-dealkylation sites (tertiary alicyclic amines) is 1. The quantitative estimate of drug-likeness (QED) is 0.632. The van der Waals surface area contributed by atoms with Crippen LogP contribution in [0.5, 0.6) is 0 Å². The largest absolute Gasteiger partial charge is 0.467 e. The Labute approximate surface area is 188 Å². The van der Waals surface area contributed by atoms with Crippen LogP contribution in [0.4, 0.5) is 0 Å². The number of rotatable bonds is 6. The van der Waals surface area contributed by atoms with Crippen molar-refractivity contribution in [1.82, 2.24) is 10.2 Å². The van der Waals surface area contributed by atoms with Crippen molar-refractivity contribution in [1.29, 1.82) is 0 Å². The summed E-state index contributed by atoms with van der Waals surface area (Å²) in [5.74, 6) is 1.12. The molecule has 1 aliphatic carbocycles. The molecule has 2 amide bonds. The van der Waals surface area contributed by atoms with Crippen molar-refractivity contribution >= 4 is 11.8 Å². The molecule has 1 saturated carbocycles. The fourth-order valence-corrected chi connectivity index (χ4v) is 4.92. The summed E-state index contributed by atoms with van der Waals surface area (Å²) in [6.07, 6.45) is 4.79. The highest BCUT2D eigenvalue weighted by Gasteiger charge is 2.58. The minimum Gasteiger partial charge on any atom is -0.467 e. The summed E-state index contributed by atoms with van der Waals surface area (Å²) < 4.78 is 5.28. The molecule has 1 aliphatic heterocycles. The van der Waals surface area contributed by atoms with Gasteiger partial charge in [-0.25, -0.2) is 0 Å². The van der Waals surface area contributed by atoms with Gasteiger partial charge in [0, 0.05) is 19.0 Å². The van der Waals surface area contributed by atoms with Crippen LogP contribution in [0.1, 0.15) is 30.6 Å². The Hall–Kier alpha value is -3.34. The molecular weight excluding hydrogens is 400 g/mol. The molecule has 0 bridgehead atoms. The number of carbonyl (C=O) groups is 2. The van der Waals surface area contributed by atoms with Crippen LogP contribution in [0.2, 0.25) is 0 Å². The predicted molar refractivity (Wildman–Crippen MR) is 122 cm³/mol. The Kier molecular flexibility index (Phi) is 5.56. The van der Waals surface area contributed by atoms with Crippen molar-refractivity contribution < 1.29 is 14.0 Å². The van der Waals surface area contributed by atoms with E-state index in [1.807, 2.05) is 47.4 Å². The van der Waals surface area contributed by atoms with Gasteiger partial charge in [-0.3, -0.25) is 9.59 Å². The van der Waals surface area contributed by atoms with Gasteiger partial charge < -0.3 is 14.6 Å². The summed E-state index contributed by atoms with van der Waals surface area (Å²) in [5, 5.41) is 2.99. The monoisotopic (exact) mass is 428 g/mol. The second-order valence-electron chi connectivity index (χ2n) is 9.04. The SMILES string of the molecule is O=C(NCc1ccco1)C1CC12CCN(C(=O)Cc1ccc(-c3ccccc3)cc1)CC2. The number of hydrogen-bond acceptors (Lipinski definition) is 3. The molecule has 1 unspecified atom stereocenters. The van der Waals surface area contributed by atoms with Crippen LogP contribution in [0.15, 0.2) is 77.4 Å². The standard InChI is InChI=1S/C27H28N2O3/c30-25(17-20-8-10-22(11-9-20)21-5-2-1-3-6-21)29-14-12-27(13-15-29)18-24(27)26(31)28-19-23-7-4-16-32-23/h1-11,16,24H,12-15,17-19H2,(H,28,31). The lowest BCUT2D eigenvalue weighted by molar-refractivity contribution is -0.132. The predicted octanol–water partition coefficient (Wildman–Crippen LogP) is 4.43. The molecule has 1 N–H and O–H groups in total. The number of nitrogens with zero attached hydrogens (tertiary/aromatic N) is 1. The van der Waals surface area contributed by atoms with E-state index in [0.29, 0.717) is 13.0 Å². The number of carbonyl (C=O) groups excluding carboxylic acids is 2. The van der Waals surface area contributed by atoms with E-state index in [1.54, 1.807) is 6.26 Å². The molecule has 3 aromatic rings. The van der Waals surface area contributed by atoms with E-state index in [0.717, 1.165) is 49.2 Å². The van der Waals surface area contributed by atoms with Crippen molar-refractivity contribution in [3.05, 3.63) is 84.3 Å². The van der Waals surface area contributed by atoms with E-state index >= 15 is 0 Å². The third-order valence-corrected chi connectivity index (χ3v) is 7.05. The molecule has 5 heteroatoms. The number of amides is 2. The molecule has 164 valence electrons. The van der Waals surface area contributed by atoms with Crippen LogP contribution in [-0.4, -0.2) is 29.8 Å². The second-order valence-corrected chi connectivity index (χ2v) is 9.04. The van der Waals surface area contributed by atoms with Crippen molar-refractivity contribution in [3.8, 4) is 11.1 Å². The van der Waals surface area contributed by atoms with Crippen molar-refractivity contribution in [2.75, 3.05) is 13.1 Å². The van der Waals surface area contributed by atoms with Crippen LogP contribution in [-0.2, 0) is 22.6 Å². The molecule has 2 aliphatic rings. The van der Waals surface area contributed by atoms with Gasteiger partial charge in [0.1, 0.15) is 5.76 Å². The Bertz CT molecular complexity index is 1070. The fourth-order valence-electron chi connectivity index (χ4n) is 4.92. The zero-order chi connectivity index (χ0) is 22.0. The Morgan fingerprint density at radius 3 is 2.34 bits per heavy atom. The Balaban J connectivity index is 1.10. The van der Waals surface area contributed by atoms with Crippen LogP contribution >= 0.6 is 0 Å². The van der Waals surface area contributed by atoms with Crippen LogP contribution < -0.4 is 5.32 Å². The molecule has 0 radical (unpaired) electrons. The number of piperidine rings is 1. The van der Waals surface area contributed by atoms with Gasteiger partial charge in [0.15, 0.2) is 0 Å². The van der Waals surface area contributed by atoms with Gasteiger partial charge in [-0.1, -0.05) is 54.6 Å². The maximum absolute atomic E-state index is 12.8. The lowest BCUT2D eigenvalue weighted by atomic mass is 9.90. The lowest BCUT2D eigenvalue weighted by Gasteiger charge is -2.33. The molecule has 2 aromatic carbocycles. The van der Waals surface area contributed by atoms with Gasteiger partial charge >= 0.3 is 0 Å². The normalized spacial score (nSPS) is 19.0. The number of furan rings is 1. The number of benzene rings is 2. The molecule has 32 heavy (non-hydrogen) atoms. The molecule has 1 spiro atoms. The molecule has 1 atom stereocenters. The summed E-state index contributed by atoms with van der Waals surface area (Å²) in [4.78, 5) is 27.3. The first kappa shape index (κ1) is 20.6. The van der Waals surface area contributed by atoms with Gasteiger partial charge in [0.05, 0.1) is 19.2 Å². The third-order valence-electron chi connectivity index (χ3n) is 7.05.